The summed E-state index contributed by atoms with van der Waals surface area (Å²) < 4.78 is 28.4. The lowest BCUT2D eigenvalue weighted by Crippen LogP contribution is -2.61. The Morgan fingerprint density at radius 2 is 0.840 bits per heavy atom. The molecule has 0 aliphatic carbocycles. The van der Waals surface area contributed by atoms with E-state index in [9.17, 15) is 34.5 Å². The van der Waals surface area contributed by atoms with Crippen LogP contribution in [0.5, 0.6) is 0 Å². The van der Waals surface area contributed by atoms with Gasteiger partial charge in [-0.05, 0) is 116 Å². The second kappa shape index (κ2) is 50.7. The number of hydrogen-bond acceptors (Lipinski definition) is 11. The van der Waals surface area contributed by atoms with E-state index in [1.54, 1.807) is 0 Å². The van der Waals surface area contributed by atoms with E-state index in [0.29, 0.717) is 19.3 Å². The molecule has 1 heterocycles. The summed E-state index contributed by atoms with van der Waals surface area (Å²) in [6.45, 7) is 5.79. The van der Waals surface area contributed by atoms with Crippen LogP contribution in [0.4, 0.5) is 0 Å². The molecule has 0 aromatic carbocycles. The lowest BCUT2D eigenvalue weighted by Gasteiger charge is -2.40. The fourth-order valence-electron chi connectivity index (χ4n) is 8.38. The summed E-state index contributed by atoms with van der Waals surface area (Å²) in [7, 11) is 0. The maximum Gasteiger partial charge on any atom is 0.335 e. The fourth-order valence-corrected chi connectivity index (χ4v) is 8.38. The van der Waals surface area contributed by atoms with E-state index >= 15 is 0 Å². The molecule has 428 valence electrons. The summed E-state index contributed by atoms with van der Waals surface area (Å²) in [4.78, 5) is 51.1. The van der Waals surface area contributed by atoms with Crippen LogP contribution in [-0.2, 0) is 42.9 Å². The van der Waals surface area contributed by atoms with Gasteiger partial charge in [-0.25, -0.2) is 4.79 Å². The molecule has 1 rings (SSSR count). The van der Waals surface area contributed by atoms with Crippen molar-refractivity contribution in [3.05, 3.63) is 85.1 Å². The van der Waals surface area contributed by atoms with Crippen molar-refractivity contribution in [2.24, 2.45) is 0 Å². The van der Waals surface area contributed by atoms with Crippen molar-refractivity contribution in [3.63, 3.8) is 0 Å². The Morgan fingerprint density at radius 3 is 1.28 bits per heavy atom. The van der Waals surface area contributed by atoms with Crippen LogP contribution in [0.3, 0.4) is 0 Å². The number of aliphatic carboxylic acids is 1. The average molecular weight is 1050 g/mol. The molecule has 6 unspecified atom stereocenters. The quantitative estimate of drug-likeness (QED) is 0.0228. The topological polar surface area (TPSA) is 175 Å². The normalized spacial score (nSPS) is 18.8. The molecule has 12 heteroatoms. The second-order valence-electron chi connectivity index (χ2n) is 19.9. The van der Waals surface area contributed by atoms with E-state index in [-0.39, 0.29) is 25.9 Å². The maximum atomic E-state index is 13.1. The zero-order chi connectivity index (χ0) is 54.7. The van der Waals surface area contributed by atoms with Crippen molar-refractivity contribution in [1.29, 1.82) is 0 Å². The van der Waals surface area contributed by atoms with Crippen molar-refractivity contribution >= 4 is 23.9 Å². The Bertz CT molecular complexity index is 1630. The van der Waals surface area contributed by atoms with Crippen LogP contribution in [0.25, 0.3) is 0 Å². The van der Waals surface area contributed by atoms with Gasteiger partial charge in [0.15, 0.2) is 24.6 Å². The van der Waals surface area contributed by atoms with Gasteiger partial charge in [0.2, 0.25) is 0 Å². The summed E-state index contributed by atoms with van der Waals surface area (Å²) in [6.07, 6.45) is 52.6. The molecule has 0 aromatic heterocycles. The number of esters is 3. The predicted octanol–water partition coefficient (Wildman–Crippen LogP) is 15.1. The minimum absolute atomic E-state index is 0.0349. The molecular formula is C63H104O12. The number of aliphatic hydroxyl groups excluding tert-OH is 2. The lowest BCUT2D eigenvalue weighted by atomic mass is 9.98. The highest BCUT2D eigenvalue weighted by atomic mass is 16.7. The number of carboxylic acids is 1. The van der Waals surface area contributed by atoms with Gasteiger partial charge in [0.05, 0.1) is 6.61 Å². The molecule has 6 atom stereocenters. The standard InChI is InChI=1S/C63H104O12/c1-4-7-10-13-16-19-22-25-28-31-34-37-40-43-46-49-55(64)71-52-54(73-56(65)50-47-44-41-38-35-32-29-26-23-20-17-14-11-8-5-2)53-72-63-61(59(68)58(67)60(75-63)62(69)70)74-57(66)51-48-45-42-39-36-33-30-27-24-21-18-15-12-9-6-3/h9,12,16-21,25-30,54,58-61,63,67-68H,4-8,10-11,13-15,22-24,31-53H2,1-3H3,(H,69,70)/b12-9-,19-16-,20-17-,21-18-,28-25-,29-26-,30-27-. The van der Waals surface area contributed by atoms with Gasteiger partial charge < -0.3 is 39.0 Å². The molecule has 1 fully saturated rings. The largest absolute Gasteiger partial charge is 0.479 e. The van der Waals surface area contributed by atoms with E-state index in [1.165, 1.54) is 38.5 Å². The van der Waals surface area contributed by atoms with Crippen LogP contribution in [0.2, 0.25) is 0 Å². The van der Waals surface area contributed by atoms with Gasteiger partial charge >= 0.3 is 23.9 Å². The summed E-state index contributed by atoms with van der Waals surface area (Å²) in [5.74, 6) is -3.18. The lowest BCUT2D eigenvalue weighted by molar-refractivity contribution is -0.301. The van der Waals surface area contributed by atoms with Gasteiger partial charge in [0.25, 0.3) is 0 Å². The van der Waals surface area contributed by atoms with Gasteiger partial charge in [0.1, 0.15) is 18.8 Å². The van der Waals surface area contributed by atoms with Crippen LogP contribution in [0, 0.1) is 0 Å². The van der Waals surface area contributed by atoms with Crippen molar-refractivity contribution in [1.82, 2.24) is 0 Å². The van der Waals surface area contributed by atoms with Crippen LogP contribution < -0.4 is 0 Å². The number of ether oxygens (including phenoxy) is 5. The molecule has 12 nitrogen and oxygen atoms in total. The number of hydrogen-bond donors (Lipinski definition) is 3. The van der Waals surface area contributed by atoms with E-state index in [0.717, 1.165) is 141 Å². The number of unbranched alkanes of at least 4 members (excludes halogenated alkanes) is 21. The fraction of sp³-hybridized carbons (Fsp3) is 0.714. The maximum absolute atomic E-state index is 13.1. The molecule has 0 amide bonds. The minimum atomic E-state index is -1.92. The van der Waals surface area contributed by atoms with E-state index in [4.69, 9.17) is 23.7 Å². The van der Waals surface area contributed by atoms with Gasteiger partial charge in [-0.2, -0.15) is 0 Å². The molecule has 0 bridgehead atoms. The zero-order valence-corrected chi connectivity index (χ0v) is 47.0. The monoisotopic (exact) mass is 1050 g/mol. The van der Waals surface area contributed by atoms with Crippen LogP contribution >= 0.6 is 0 Å². The number of allylic oxidation sites excluding steroid dienone is 14. The van der Waals surface area contributed by atoms with Crippen molar-refractivity contribution in [2.75, 3.05) is 13.2 Å². The molecule has 1 aliphatic heterocycles. The highest BCUT2D eigenvalue weighted by Gasteiger charge is 2.50. The predicted molar refractivity (Wildman–Crippen MR) is 303 cm³/mol. The molecule has 0 radical (unpaired) electrons. The van der Waals surface area contributed by atoms with Gasteiger partial charge in [-0.15, -0.1) is 0 Å². The molecule has 3 N–H and O–H groups in total. The molecule has 0 aromatic rings. The second-order valence-corrected chi connectivity index (χ2v) is 19.9. The first-order valence-corrected chi connectivity index (χ1v) is 29.6. The summed E-state index contributed by atoms with van der Waals surface area (Å²) in [6, 6.07) is 0. The molecule has 75 heavy (non-hydrogen) atoms. The smallest absolute Gasteiger partial charge is 0.335 e. The molecule has 1 saturated heterocycles. The molecular weight excluding hydrogens is 949 g/mol. The Kier molecular flexibility index (Phi) is 46.6. The van der Waals surface area contributed by atoms with E-state index in [2.05, 4.69) is 106 Å². The summed E-state index contributed by atoms with van der Waals surface area (Å²) >= 11 is 0. The Balaban J connectivity index is 2.73. The SMILES string of the molecule is CC/C=C\C/C=C\C/C=C\CCCCCCCC(=O)OC1C(OCC(COC(=O)CCCCCCC/C=C\C/C=C\CCCCC)OC(=O)CCCCCCC/C=C\C/C=C\CCCCC)OC(C(=O)O)C(O)C1O. The number of carbonyl (C=O) groups excluding carboxylic acids is 3. The number of rotatable bonds is 49. The minimum Gasteiger partial charge on any atom is -0.479 e. The highest BCUT2D eigenvalue weighted by molar-refractivity contribution is 5.74. The number of aliphatic hydroxyl groups is 2. The van der Waals surface area contributed by atoms with Gasteiger partial charge in [-0.3, -0.25) is 14.4 Å². The van der Waals surface area contributed by atoms with Crippen LogP contribution in [0.1, 0.15) is 239 Å². The third-order valence-corrected chi connectivity index (χ3v) is 12.9. The summed E-state index contributed by atoms with van der Waals surface area (Å²) in [5, 5.41) is 31.5. The van der Waals surface area contributed by atoms with E-state index < -0.39 is 67.3 Å². The molecule has 1 aliphatic rings. The Hall–Kier alpha value is -4.10. The number of carbonyl (C=O) groups is 4. The van der Waals surface area contributed by atoms with Crippen molar-refractivity contribution < 1.29 is 58.2 Å². The average Bonchev–Trinajstić information content (AvgIpc) is 3.39. The Morgan fingerprint density at radius 1 is 0.453 bits per heavy atom. The highest BCUT2D eigenvalue weighted by Crippen LogP contribution is 2.26. The van der Waals surface area contributed by atoms with Crippen LogP contribution in [0.15, 0.2) is 85.1 Å². The Labute approximate surface area is 454 Å². The number of carboxylic acid groups (broad SMARTS) is 1. The molecule has 0 saturated carbocycles. The zero-order valence-electron chi connectivity index (χ0n) is 47.0. The molecule has 0 spiro atoms. The summed E-state index contributed by atoms with van der Waals surface area (Å²) in [5.41, 5.74) is 0. The first-order valence-electron chi connectivity index (χ1n) is 29.6. The van der Waals surface area contributed by atoms with Crippen LogP contribution in [-0.4, -0.2) is 89.2 Å². The van der Waals surface area contributed by atoms with Gasteiger partial charge in [0, 0.05) is 19.3 Å². The van der Waals surface area contributed by atoms with Crippen molar-refractivity contribution in [3.8, 4) is 0 Å². The third kappa shape index (κ3) is 40.8. The first-order chi connectivity index (χ1) is 36.6. The van der Waals surface area contributed by atoms with E-state index in [1.807, 2.05) is 0 Å². The van der Waals surface area contributed by atoms with Crippen molar-refractivity contribution in [2.45, 2.75) is 276 Å². The van der Waals surface area contributed by atoms with Gasteiger partial charge in [-0.1, -0.05) is 189 Å². The first kappa shape index (κ1) is 68.9. The third-order valence-electron chi connectivity index (χ3n) is 12.9.